The van der Waals surface area contributed by atoms with Crippen molar-refractivity contribution in [1.82, 2.24) is 0 Å². The van der Waals surface area contributed by atoms with Crippen molar-refractivity contribution < 1.29 is 0 Å². The Labute approximate surface area is 224 Å². The Morgan fingerprint density at radius 2 is 1.11 bits per heavy atom. The molecule has 2 aliphatic carbocycles. The summed E-state index contributed by atoms with van der Waals surface area (Å²) in [6, 6.07) is 48.2. The van der Waals surface area contributed by atoms with Crippen molar-refractivity contribution in [3.8, 4) is 11.1 Å². The number of rotatable bonds is 5. The largest absolute Gasteiger partial charge is 0.356 e. The van der Waals surface area contributed by atoms with E-state index in [4.69, 9.17) is 0 Å². The molecule has 1 nitrogen and oxygen atoms in total. The lowest BCUT2D eigenvalue weighted by atomic mass is 9.66. The zero-order valence-corrected chi connectivity index (χ0v) is 21.3. The minimum atomic E-state index is -0.306. The van der Waals surface area contributed by atoms with Crippen LogP contribution in [-0.2, 0) is 5.41 Å². The maximum Gasteiger partial charge on any atom is 0.0710 e. The smallest absolute Gasteiger partial charge is 0.0710 e. The van der Waals surface area contributed by atoms with E-state index in [-0.39, 0.29) is 5.41 Å². The van der Waals surface area contributed by atoms with E-state index in [0.717, 1.165) is 24.2 Å². The molecule has 0 bridgehead atoms. The highest BCUT2D eigenvalue weighted by Gasteiger charge is 2.46. The number of benzene rings is 5. The molecule has 1 atom stereocenters. The van der Waals surface area contributed by atoms with Crippen molar-refractivity contribution in [2.75, 3.05) is 5.32 Å². The van der Waals surface area contributed by atoms with Gasteiger partial charge in [0.2, 0.25) is 0 Å². The fourth-order valence-corrected chi connectivity index (χ4v) is 6.34. The maximum atomic E-state index is 3.60. The average Bonchev–Trinajstić information content (AvgIpc) is 3.30. The normalized spacial score (nSPS) is 17.7. The average molecular weight is 488 g/mol. The monoisotopic (exact) mass is 487 g/mol. The molecule has 2 aliphatic rings. The fraction of sp³-hybridized carbons (Fsp3) is 0.0811. The molecule has 0 spiro atoms. The summed E-state index contributed by atoms with van der Waals surface area (Å²) < 4.78 is 0. The molecule has 1 heteroatoms. The van der Waals surface area contributed by atoms with Crippen LogP contribution in [-0.4, -0.2) is 0 Å². The Morgan fingerprint density at radius 1 is 0.526 bits per heavy atom. The third kappa shape index (κ3) is 3.63. The number of hydrogen-bond donors (Lipinski definition) is 1. The predicted molar refractivity (Wildman–Crippen MR) is 160 cm³/mol. The molecule has 1 unspecified atom stereocenters. The van der Waals surface area contributed by atoms with Gasteiger partial charge >= 0.3 is 0 Å². The van der Waals surface area contributed by atoms with Crippen molar-refractivity contribution >= 4 is 16.9 Å². The molecule has 5 aromatic rings. The third-order valence-corrected chi connectivity index (χ3v) is 8.04. The van der Waals surface area contributed by atoms with Gasteiger partial charge in [-0.05, 0) is 81.6 Å². The van der Waals surface area contributed by atoms with Gasteiger partial charge in [-0.1, -0.05) is 121 Å². The zero-order valence-electron chi connectivity index (χ0n) is 21.3. The first-order valence-corrected chi connectivity index (χ1v) is 13.4. The van der Waals surface area contributed by atoms with Crippen molar-refractivity contribution in [2.45, 2.75) is 18.3 Å². The minimum absolute atomic E-state index is 0.306. The van der Waals surface area contributed by atoms with E-state index >= 15 is 0 Å². The SMILES string of the molecule is C1=CC2=C(CC1)c1ccccc1C2(c1ccccc1)c1ccc(Nc2ccc(-c3ccccc3)cc2)cc1. The van der Waals surface area contributed by atoms with Crippen LogP contribution in [0.4, 0.5) is 11.4 Å². The second-order valence-corrected chi connectivity index (χ2v) is 10.1. The Bertz CT molecular complexity index is 1640. The van der Waals surface area contributed by atoms with Crippen molar-refractivity contribution in [2.24, 2.45) is 0 Å². The van der Waals surface area contributed by atoms with Crippen LogP contribution in [0, 0.1) is 0 Å². The number of anilines is 2. The van der Waals surface area contributed by atoms with Crippen LogP contribution < -0.4 is 5.32 Å². The van der Waals surface area contributed by atoms with Crippen molar-refractivity contribution in [3.05, 3.63) is 173 Å². The summed E-state index contributed by atoms with van der Waals surface area (Å²) in [6.45, 7) is 0. The second kappa shape index (κ2) is 9.36. The van der Waals surface area contributed by atoms with Gasteiger partial charge in [-0.25, -0.2) is 0 Å². The molecule has 0 heterocycles. The number of nitrogens with one attached hydrogen (secondary N) is 1. The van der Waals surface area contributed by atoms with Gasteiger partial charge in [0, 0.05) is 11.4 Å². The third-order valence-electron chi connectivity index (χ3n) is 8.04. The molecule has 0 fully saturated rings. The summed E-state index contributed by atoms with van der Waals surface area (Å²) in [7, 11) is 0. The van der Waals surface area contributed by atoms with Gasteiger partial charge in [0.1, 0.15) is 0 Å². The van der Waals surface area contributed by atoms with Gasteiger partial charge in [0.25, 0.3) is 0 Å². The Hall–Kier alpha value is -4.62. The van der Waals surface area contributed by atoms with Crippen LogP contribution >= 0.6 is 0 Å². The summed E-state index contributed by atoms with van der Waals surface area (Å²) in [4.78, 5) is 0. The van der Waals surface area contributed by atoms with Gasteiger partial charge in [-0.2, -0.15) is 0 Å². The Kier molecular flexibility index (Phi) is 5.56. The highest BCUT2D eigenvalue weighted by atomic mass is 14.9. The standard InChI is InChI=1S/C37H29N/c1-3-11-27(12-4-1)28-19-23-31(24-20-28)38-32-25-21-30(22-26-32)37(29-13-5-2-6-14-29)35-17-9-7-15-33(35)34-16-8-10-18-36(34)37/h1-7,9-15,17-26,38H,8,16H2. The topological polar surface area (TPSA) is 12.0 Å². The van der Waals surface area contributed by atoms with Gasteiger partial charge < -0.3 is 5.32 Å². The van der Waals surface area contributed by atoms with E-state index in [2.05, 4.69) is 151 Å². The van der Waals surface area contributed by atoms with Crippen LogP contribution in [0.15, 0.2) is 151 Å². The first-order chi connectivity index (χ1) is 18.8. The molecule has 0 aromatic heterocycles. The van der Waals surface area contributed by atoms with Crippen LogP contribution in [0.2, 0.25) is 0 Å². The number of fused-ring (bicyclic) bond motifs is 2. The minimum Gasteiger partial charge on any atom is -0.356 e. The number of hydrogen-bond acceptors (Lipinski definition) is 1. The van der Waals surface area contributed by atoms with Crippen LogP contribution in [0.3, 0.4) is 0 Å². The van der Waals surface area contributed by atoms with Crippen LogP contribution in [0.25, 0.3) is 16.7 Å². The molecule has 182 valence electrons. The van der Waals surface area contributed by atoms with E-state index in [9.17, 15) is 0 Å². The Morgan fingerprint density at radius 3 is 1.84 bits per heavy atom. The lowest BCUT2D eigenvalue weighted by molar-refractivity contribution is 0.757. The molecule has 5 aromatic carbocycles. The summed E-state index contributed by atoms with van der Waals surface area (Å²) >= 11 is 0. The molecular weight excluding hydrogens is 458 g/mol. The van der Waals surface area contributed by atoms with Crippen LogP contribution in [0.5, 0.6) is 0 Å². The molecule has 7 rings (SSSR count). The van der Waals surface area contributed by atoms with Gasteiger partial charge in [0.15, 0.2) is 0 Å². The molecule has 38 heavy (non-hydrogen) atoms. The molecule has 0 amide bonds. The van der Waals surface area contributed by atoms with Crippen molar-refractivity contribution in [1.29, 1.82) is 0 Å². The highest BCUT2D eigenvalue weighted by Crippen LogP contribution is 2.56. The quantitative estimate of drug-likeness (QED) is 0.260. The lowest BCUT2D eigenvalue weighted by Gasteiger charge is -2.35. The van der Waals surface area contributed by atoms with E-state index in [1.54, 1.807) is 0 Å². The molecule has 0 saturated heterocycles. The Balaban J connectivity index is 1.27. The van der Waals surface area contributed by atoms with E-state index in [0.29, 0.717) is 0 Å². The van der Waals surface area contributed by atoms with Crippen LogP contribution in [0.1, 0.15) is 35.1 Å². The zero-order chi connectivity index (χ0) is 25.4. The van der Waals surface area contributed by atoms with Crippen molar-refractivity contribution in [3.63, 3.8) is 0 Å². The first-order valence-electron chi connectivity index (χ1n) is 13.4. The molecular formula is C37H29N. The highest BCUT2D eigenvalue weighted by molar-refractivity contribution is 5.88. The van der Waals surface area contributed by atoms with Gasteiger partial charge in [-0.15, -0.1) is 0 Å². The van der Waals surface area contributed by atoms with E-state index in [1.807, 2.05) is 0 Å². The van der Waals surface area contributed by atoms with E-state index in [1.165, 1.54) is 44.5 Å². The number of allylic oxidation sites excluding steroid dienone is 4. The molecule has 0 radical (unpaired) electrons. The summed E-state index contributed by atoms with van der Waals surface area (Å²) in [5.74, 6) is 0. The fourth-order valence-electron chi connectivity index (χ4n) is 6.34. The first kappa shape index (κ1) is 22.6. The maximum absolute atomic E-state index is 3.60. The van der Waals surface area contributed by atoms with E-state index < -0.39 is 0 Å². The molecule has 0 saturated carbocycles. The molecule has 0 aliphatic heterocycles. The lowest BCUT2D eigenvalue weighted by Crippen LogP contribution is -2.29. The van der Waals surface area contributed by atoms with Gasteiger partial charge in [0.05, 0.1) is 5.41 Å². The molecule has 1 N–H and O–H groups in total. The summed E-state index contributed by atoms with van der Waals surface area (Å²) in [5.41, 5.74) is 12.7. The second-order valence-electron chi connectivity index (χ2n) is 10.1. The van der Waals surface area contributed by atoms with Gasteiger partial charge in [-0.3, -0.25) is 0 Å². The predicted octanol–water partition coefficient (Wildman–Crippen LogP) is 9.55. The summed E-state index contributed by atoms with van der Waals surface area (Å²) in [6.07, 6.45) is 6.92. The summed E-state index contributed by atoms with van der Waals surface area (Å²) in [5, 5.41) is 3.60.